The summed E-state index contributed by atoms with van der Waals surface area (Å²) in [6.07, 6.45) is 1.60. The molecule has 5 heteroatoms. The molecule has 0 aliphatic carbocycles. The fourth-order valence-electron chi connectivity index (χ4n) is 1.91. The van der Waals surface area contributed by atoms with Crippen molar-refractivity contribution < 1.29 is 4.79 Å². The van der Waals surface area contributed by atoms with Crippen molar-refractivity contribution in [3.8, 4) is 0 Å². The standard InChI is InChI=1S/C14H22BrN3O/c1-9(2)7-18(8-10(3)4)14(19)12-5-11(15)6-17-13(12)16/h5-6,9-10H,7-8H2,1-4H3,(H2,16,17). The van der Waals surface area contributed by atoms with Gasteiger partial charge >= 0.3 is 0 Å². The maximum absolute atomic E-state index is 12.6. The Hall–Kier alpha value is -1.10. The van der Waals surface area contributed by atoms with Crippen LogP contribution in [0.15, 0.2) is 16.7 Å². The topological polar surface area (TPSA) is 59.2 Å². The predicted molar refractivity (Wildman–Crippen MR) is 81.9 cm³/mol. The average Bonchev–Trinajstić information content (AvgIpc) is 2.29. The van der Waals surface area contributed by atoms with Gasteiger partial charge in [0.2, 0.25) is 0 Å². The number of halogens is 1. The highest BCUT2D eigenvalue weighted by Crippen LogP contribution is 2.18. The fraction of sp³-hybridized carbons (Fsp3) is 0.571. The molecule has 1 heterocycles. The molecular formula is C14H22BrN3O. The number of carbonyl (C=O) groups excluding carboxylic acids is 1. The molecule has 0 saturated heterocycles. The number of hydrogen-bond acceptors (Lipinski definition) is 3. The number of hydrogen-bond donors (Lipinski definition) is 1. The molecule has 4 nitrogen and oxygen atoms in total. The Morgan fingerprint density at radius 1 is 1.32 bits per heavy atom. The van der Waals surface area contributed by atoms with Gasteiger partial charge in [0.15, 0.2) is 0 Å². The average molecular weight is 328 g/mol. The molecule has 0 aliphatic heterocycles. The predicted octanol–water partition coefficient (Wildman–Crippen LogP) is 3.18. The summed E-state index contributed by atoms with van der Waals surface area (Å²) in [7, 11) is 0. The highest BCUT2D eigenvalue weighted by Gasteiger charge is 2.20. The van der Waals surface area contributed by atoms with Crippen LogP contribution in [-0.4, -0.2) is 28.9 Å². The van der Waals surface area contributed by atoms with Crippen molar-refractivity contribution in [1.82, 2.24) is 9.88 Å². The first-order chi connectivity index (χ1) is 8.81. The summed E-state index contributed by atoms with van der Waals surface area (Å²) in [6.45, 7) is 9.85. The Labute approximate surface area is 123 Å². The summed E-state index contributed by atoms with van der Waals surface area (Å²) >= 11 is 3.33. The number of amides is 1. The molecule has 0 atom stereocenters. The fourth-order valence-corrected chi connectivity index (χ4v) is 2.24. The highest BCUT2D eigenvalue weighted by atomic mass is 79.9. The molecule has 0 aliphatic rings. The molecule has 0 saturated carbocycles. The molecule has 2 N–H and O–H groups in total. The second-order valence-corrected chi connectivity index (χ2v) is 6.50. The van der Waals surface area contributed by atoms with Crippen molar-refractivity contribution >= 4 is 27.7 Å². The van der Waals surface area contributed by atoms with E-state index in [-0.39, 0.29) is 11.7 Å². The van der Waals surface area contributed by atoms with Gasteiger partial charge in [-0.15, -0.1) is 0 Å². The Bertz CT molecular complexity index is 436. The number of nitrogens with two attached hydrogens (primary N) is 1. The van der Waals surface area contributed by atoms with E-state index in [1.165, 1.54) is 0 Å². The van der Waals surface area contributed by atoms with Crippen LogP contribution in [-0.2, 0) is 0 Å². The lowest BCUT2D eigenvalue weighted by atomic mass is 10.1. The molecule has 1 amide bonds. The van der Waals surface area contributed by atoms with E-state index in [4.69, 9.17) is 5.73 Å². The van der Waals surface area contributed by atoms with Gasteiger partial charge in [-0.05, 0) is 33.8 Å². The second kappa shape index (κ2) is 6.89. The van der Waals surface area contributed by atoms with Crippen LogP contribution in [0.25, 0.3) is 0 Å². The smallest absolute Gasteiger partial charge is 0.257 e. The van der Waals surface area contributed by atoms with Gasteiger partial charge in [-0.25, -0.2) is 4.98 Å². The van der Waals surface area contributed by atoms with E-state index in [0.29, 0.717) is 17.4 Å². The molecule has 106 valence electrons. The van der Waals surface area contributed by atoms with E-state index in [2.05, 4.69) is 48.6 Å². The summed E-state index contributed by atoms with van der Waals surface area (Å²) in [5.41, 5.74) is 6.28. The van der Waals surface area contributed by atoms with Crippen molar-refractivity contribution in [1.29, 1.82) is 0 Å². The Balaban J connectivity index is 3.00. The number of anilines is 1. The lowest BCUT2D eigenvalue weighted by Gasteiger charge is -2.26. The van der Waals surface area contributed by atoms with Crippen molar-refractivity contribution in [2.45, 2.75) is 27.7 Å². The maximum atomic E-state index is 12.6. The van der Waals surface area contributed by atoms with Crippen molar-refractivity contribution in [3.63, 3.8) is 0 Å². The largest absolute Gasteiger partial charge is 0.383 e. The minimum Gasteiger partial charge on any atom is -0.383 e. The van der Waals surface area contributed by atoms with Gasteiger partial charge < -0.3 is 10.6 Å². The summed E-state index contributed by atoms with van der Waals surface area (Å²) in [5.74, 6) is 1.08. The molecular weight excluding hydrogens is 306 g/mol. The van der Waals surface area contributed by atoms with Crippen LogP contribution in [0.1, 0.15) is 38.1 Å². The molecule has 19 heavy (non-hydrogen) atoms. The first-order valence-corrected chi connectivity index (χ1v) is 7.30. The number of rotatable bonds is 5. The summed E-state index contributed by atoms with van der Waals surface area (Å²) < 4.78 is 0.763. The Morgan fingerprint density at radius 3 is 2.32 bits per heavy atom. The Kier molecular flexibility index (Phi) is 5.79. The van der Waals surface area contributed by atoms with Crippen LogP contribution in [0.2, 0.25) is 0 Å². The highest BCUT2D eigenvalue weighted by molar-refractivity contribution is 9.10. The van der Waals surface area contributed by atoms with Gasteiger partial charge in [0, 0.05) is 23.8 Å². The van der Waals surface area contributed by atoms with E-state index < -0.39 is 0 Å². The van der Waals surface area contributed by atoms with Gasteiger partial charge in [0.05, 0.1) is 5.56 Å². The molecule has 1 aromatic heterocycles. The minimum atomic E-state index is -0.0475. The van der Waals surface area contributed by atoms with Gasteiger partial charge in [-0.1, -0.05) is 27.7 Å². The lowest BCUT2D eigenvalue weighted by Crippen LogP contribution is -2.37. The zero-order chi connectivity index (χ0) is 14.6. The van der Waals surface area contributed by atoms with Crippen LogP contribution in [0.3, 0.4) is 0 Å². The van der Waals surface area contributed by atoms with Gasteiger partial charge in [0.1, 0.15) is 5.82 Å². The summed E-state index contributed by atoms with van der Waals surface area (Å²) in [6, 6.07) is 1.73. The van der Waals surface area contributed by atoms with Crippen LogP contribution in [0, 0.1) is 11.8 Å². The van der Waals surface area contributed by atoms with E-state index in [9.17, 15) is 4.79 Å². The zero-order valence-corrected chi connectivity index (χ0v) is 13.6. The quantitative estimate of drug-likeness (QED) is 0.903. The SMILES string of the molecule is CC(C)CN(CC(C)C)C(=O)c1cc(Br)cnc1N. The summed E-state index contributed by atoms with van der Waals surface area (Å²) in [5, 5.41) is 0. The number of carbonyl (C=O) groups is 1. The third kappa shape index (κ3) is 4.82. The first-order valence-electron chi connectivity index (χ1n) is 6.51. The third-order valence-corrected chi connectivity index (χ3v) is 3.01. The van der Waals surface area contributed by atoms with Crippen LogP contribution >= 0.6 is 15.9 Å². The van der Waals surface area contributed by atoms with Crippen LogP contribution < -0.4 is 5.73 Å². The normalized spacial score (nSPS) is 11.1. The molecule has 0 spiro atoms. The van der Waals surface area contributed by atoms with Crippen LogP contribution in [0.4, 0.5) is 5.82 Å². The van der Waals surface area contributed by atoms with Gasteiger partial charge in [-0.3, -0.25) is 4.79 Å². The number of aromatic nitrogens is 1. The molecule has 0 fully saturated rings. The van der Waals surface area contributed by atoms with Crippen molar-refractivity contribution in [2.24, 2.45) is 11.8 Å². The number of nitrogen functional groups attached to an aromatic ring is 1. The van der Waals surface area contributed by atoms with E-state index >= 15 is 0 Å². The first kappa shape index (κ1) is 16.0. The molecule has 1 aromatic rings. The van der Waals surface area contributed by atoms with Gasteiger partial charge in [0.25, 0.3) is 5.91 Å². The minimum absolute atomic E-state index is 0.0475. The Morgan fingerprint density at radius 2 is 1.84 bits per heavy atom. The molecule has 0 unspecified atom stereocenters. The van der Waals surface area contributed by atoms with Crippen LogP contribution in [0.5, 0.6) is 0 Å². The van der Waals surface area contributed by atoms with Crippen molar-refractivity contribution in [3.05, 3.63) is 22.3 Å². The molecule has 1 rings (SSSR count). The maximum Gasteiger partial charge on any atom is 0.257 e. The molecule has 0 bridgehead atoms. The molecule has 0 radical (unpaired) electrons. The third-order valence-electron chi connectivity index (χ3n) is 2.57. The second-order valence-electron chi connectivity index (χ2n) is 5.58. The van der Waals surface area contributed by atoms with E-state index in [1.54, 1.807) is 12.3 Å². The van der Waals surface area contributed by atoms with Crippen molar-refractivity contribution in [2.75, 3.05) is 18.8 Å². The molecule has 0 aromatic carbocycles. The number of pyridine rings is 1. The van der Waals surface area contributed by atoms with E-state index in [1.807, 2.05) is 4.90 Å². The number of nitrogens with zero attached hydrogens (tertiary/aromatic N) is 2. The lowest BCUT2D eigenvalue weighted by molar-refractivity contribution is 0.0716. The van der Waals surface area contributed by atoms with Gasteiger partial charge in [-0.2, -0.15) is 0 Å². The summed E-state index contributed by atoms with van der Waals surface area (Å²) in [4.78, 5) is 18.5. The van der Waals surface area contributed by atoms with E-state index in [0.717, 1.165) is 17.6 Å². The monoisotopic (exact) mass is 327 g/mol. The zero-order valence-electron chi connectivity index (χ0n) is 12.0.